The monoisotopic (exact) mass is 209 g/mol. The van der Waals surface area contributed by atoms with Gasteiger partial charge in [0.15, 0.2) is 0 Å². The quantitative estimate of drug-likeness (QED) is 0.701. The summed E-state index contributed by atoms with van der Waals surface area (Å²) in [6, 6.07) is 0. The summed E-state index contributed by atoms with van der Waals surface area (Å²) in [5, 5.41) is 1.25. The van der Waals surface area contributed by atoms with E-state index in [-0.39, 0.29) is 0 Å². The molecular weight excluding hydrogens is 194 g/mol. The second kappa shape index (κ2) is 2.76. The Morgan fingerprint density at radius 2 is 2.43 bits per heavy atom. The normalized spacial score (nSPS) is 40.7. The van der Waals surface area contributed by atoms with Crippen LogP contribution >= 0.6 is 11.5 Å². The average Bonchev–Trinajstić information content (AvgIpc) is 2.78. The van der Waals surface area contributed by atoms with Crippen molar-refractivity contribution in [2.75, 3.05) is 19.6 Å². The Morgan fingerprint density at radius 1 is 1.57 bits per heavy atom. The predicted octanol–water partition coefficient (Wildman–Crippen LogP) is 1.44. The zero-order valence-electron chi connectivity index (χ0n) is 8.66. The van der Waals surface area contributed by atoms with Crippen molar-refractivity contribution in [1.82, 2.24) is 14.3 Å². The van der Waals surface area contributed by atoms with Crippen LogP contribution in [0.1, 0.15) is 24.2 Å². The van der Waals surface area contributed by atoms with Crippen LogP contribution < -0.4 is 0 Å². The minimum absolute atomic E-state index is 0.296. The minimum Gasteiger partial charge on any atom is -0.302 e. The molecule has 0 aliphatic carbocycles. The lowest BCUT2D eigenvalue weighted by molar-refractivity contribution is 0.273. The van der Waals surface area contributed by atoms with Crippen LogP contribution in [-0.2, 0) is 5.41 Å². The first kappa shape index (κ1) is 8.80. The molecule has 2 fully saturated rings. The summed E-state index contributed by atoms with van der Waals surface area (Å²) in [6.45, 7) is 8.09. The van der Waals surface area contributed by atoms with Gasteiger partial charge in [-0.05, 0) is 37.3 Å². The van der Waals surface area contributed by atoms with E-state index >= 15 is 0 Å². The number of aryl methyl sites for hydroxylation is 1. The fourth-order valence-corrected chi connectivity index (χ4v) is 3.73. The molecule has 1 aromatic heterocycles. The second-order valence-corrected chi connectivity index (χ2v) is 5.54. The van der Waals surface area contributed by atoms with Gasteiger partial charge in [0, 0.05) is 18.5 Å². The van der Waals surface area contributed by atoms with Crippen molar-refractivity contribution in [1.29, 1.82) is 0 Å². The topological polar surface area (TPSA) is 29.0 Å². The summed E-state index contributed by atoms with van der Waals surface area (Å²) in [4.78, 5) is 7.12. The summed E-state index contributed by atoms with van der Waals surface area (Å²) in [7, 11) is 0. The Labute approximate surface area is 88.3 Å². The third-order valence-corrected chi connectivity index (χ3v) is 4.83. The van der Waals surface area contributed by atoms with Gasteiger partial charge in [-0.3, -0.25) is 0 Å². The molecule has 3 nitrogen and oxygen atoms in total. The van der Waals surface area contributed by atoms with E-state index in [2.05, 4.69) is 21.2 Å². The Hall–Kier alpha value is -0.480. The summed E-state index contributed by atoms with van der Waals surface area (Å²) >= 11 is 1.60. The summed E-state index contributed by atoms with van der Waals surface area (Å²) < 4.78 is 4.30. The number of fused-ring (bicyclic) bond motifs is 2. The van der Waals surface area contributed by atoms with Crippen LogP contribution in [0.2, 0.25) is 0 Å². The molecule has 0 aromatic carbocycles. The molecule has 2 saturated heterocycles. The highest BCUT2D eigenvalue weighted by molar-refractivity contribution is 7.05. The molecule has 3 rings (SSSR count). The Morgan fingerprint density at radius 3 is 2.93 bits per heavy atom. The van der Waals surface area contributed by atoms with Gasteiger partial charge in [-0.25, -0.2) is 4.98 Å². The van der Waals surface area contributed by atoms with Gasteiger partial charge in [0.2, 0.25) is 0 Å². The number of rotatable bonds is 1. The number of piperidine rings is 1. The van der Waals surface area contributed by atoms with E-state index in [0.717, 1.165) is 11.7 Å². The number of hydrogen-bond acceptors (Lipinski definition) is 4. The molecule has 3 unspecified atom stereocenters. The fourth-order valence-electron chi connectivity index (χ4n) is 2.86. The molecule has 0 spiro atoms. The number of hydrogen-bond donors (Lipinski definition) is 0. The minimum atomic E-state index is 0.296. The largest absolute Gasteiger partial charge is 0.302 e. The standard InChI is InChI=1S/C10H15N3S/c1-7-11-9(14-12-7)10(2)6-13-4-3-8(10)5-13/h8H,3-6H2,1-2H3. The molecule has 14 heavy (non-hydrogen) atoms. The first-order valence-corrected chi connectivity index (χ1v) is 5.99. The molecule has 2 aliphatic heterocycles. The summed E-state index contributed by atoms with van der Waals surface area (Å²) in [5.74, 6) is 1.75. The van der Waals surface area contributed by atoms with Gasteiger partial charge in [0.1, 0.15) is 10.8 Å². The highest BCUT2D eigenvalue weighted by Crippen LogP contribution is 2.45. The second-order valence-electron chi connectivity index (χ2n) is 4.78. The number of aromatic nitrogens is 2. The molecule has 3 atom stereocenters. The van der Waals surface area contributed by atoms with E-state index in [1.807, 2.05) is 6.92 Å². The zero-order chi connectivity index (χ0) is 9.76. The fraction of sp³-hybridized carbons (Fsp3) is 0.800. The lowest BCUT2D eigenvalue weighted by Gasteiger charge is -2.31. The number of nitrogens with zero attached hydrogens (tertiary/aromatic N) is 3. The zero-order valence-corrected chi connectivity index (χ0v) is 9.47. The van der Waals surface area contributed by atoms with Crippen molar-refractivity contribution in [3.05, 3.63) is 10.8 Å². The molecule has 76 valence electrons. The van der Waals surface area contributed by atoms with Gasteiger partial charge in [0.05, 0.1) is 0 Å². The van der Waals surface area contributed by atoms with Crippen molar-refractivity contribution in [3.63, 3.8) is 0 Å². The van der Waals surface area contributed by atoms with Crippen LogP contribution in [-0.4, -0.2) is 33.9 Å². The van der Waals surface area contributed by atoms with E-state index in [0.29, 0.717) is 5.41 Å². The van der Waals surface area contributed by atoms with Gasteiger partial charge in [0.25, 0.3) is 0 Å². The smallest absolute Gasteiger partial charge is 0.139 e. The van der Waals surface area contributed by atoms with Gasteiger partial charge in [-0.2, -0.15) is 4.37 Å². The summed E-state index contributed by atoms with van der Waals surface area (Å²) in [5.41, 5.74) is 0.296. The van der Waals surface area contributed by atoms with Crippen molar-refractivity contribution >= 4 is 11.5 Å². The summed E-state index contributed by atoms with van der Waals surface area (Å²) in [6.07, 6.45) is 1.34. The highest BCUT2D eigenvalue weighted by Gasteiger charge is 2.49. The van der Waals surface area contributed by atoms with Crippen molar-refractivity contribution < 1.29 is 0 Å². The average molecular weight is 209 g/mol. The Bertz CT molecular complexity index is 362. The first-order valence-electron chi connectivity index (χ1n) is 5.21. The Balaban J connectivity index is 1.97. The van der Waals surface area contributed by atoms with E-state index in [4.69, 9.17) is 0 Å². The van der Waals surface area contributed by atoms with Crippen LogP contribution in [0.3, 0.4) is 0 Å². The molecule has 1 aromatic rings. The maximum absolute atomic E-state index is 4.56. The van der Waals surface area contributed by atoms with E-state index < -0.39 is 0 Å². The molecule has 0 amide bonds. The molecule has 0 saturated carbocycles. The van der Waals surface area contributed by atoms with Crippen LogP contribution in [0.4, 0.5) is 0 Å². The van der Waals surface area contributed by atoms with Crippen molar-refractivity contribution in [2.24, 2.45) is 5.92 Å². The van der Waals surface area contributed by atoms with E-state index in [9.17, 15) is 0 Å². The predicted molar refractivity (Wildman–Crippen MR) is 56.5 cm³/mol. The molecule has 3 heterocycles. The first-order chi connectivity index (χ1) is 6.68. The van der Waals surface area contributed by atoms with Gasteiger partial charge in [-0.15, -0.1) is 0 Å². The molecule has 2 bridgehead atoms. The van der Waals surface area contributed by atoms with Crippen LogP contribution in [0, 0.1) is 12.8 Å². The molecule has 2 aliphatic rings. The van der Waals surface area contributed by atoms with E-state index in [1.54, 1.807) is 11.5 Å². The van der Waals surface area contributed by atoms with Crippen molar-refractivity contribution in [2.45, 2.75) is 25.7 Å². The molecule has 0 radical (unpaired) electrons. The maximum atomic E-state index is 4.56. The lowest BCUT2D eigenvalue weighted by Crippen LogP contribution is -2.36. The van der Waals surface area contributed by atoms with Gasteiger partial charge < -0.3 is 4.90 Å². The third-order valence-electron chi connectivity index (χ3n) is 3.74. The lowest BCUT2D eigenvalue weighted by atomic mass is 9.78. The van der Waals surface area contributed by atoms with Crippen LogP contribution in [0.15, 0.2) is 0 Å². The molecule has 4 heteroatoms. The van der Waals surface area contributed by atoms with Crippen LogP contribution in [0.5, 0.6) is 0 Å². The van der Waals surface area contributed by atoms with Crippen molar-refractivity contribution in [3.8, 4) is 0 Å². The van der Waals surface area contributed by atoms with Gasteiger partial charge in [-0.1, -0.05) is 6.92 Å². The van der Waals surface area contributed by atoms with E-state index in [1.165, 1.54) is 31.1 Å². The van der Waals surface area contributed by atoms with Crippen LogP contribution in [0.25, 0.3) is 0 Å². The molecular formula is C10H15N3S. The van der Waals surface area contributed by atoms with Gasteiger partial charge >= 0.3 is 0 Å². The SMILES string of the molecule is Cc1nsc(C2(C)CN3CCC2C3)n1. The third kappa shape index (κ3) is 1.07. The highest BCUT2D eigenvalue weighted by atomic mass is 32.1. The molecule has 0 N–H and O–H groups in total. The Kier molecular flexibility index (Phi) is 1.74. The maximum Gasteiger partial charge on any atom is 0.139 e.